The van der Waals surface area contributed by atoms with E-state index in [1.54, 1.807) is 11.0 Å². The van der Waals surface area contributed by atoms with Crippen LogP contribution in [-0.2, 0) is 14.3 Å². The maximum atomic E-state index is 13.4. The lowest BCUT2D eigenvalue weighted by Crippen LogP contribution is -2.58. The highest BCUT2D eigenvalue weighted by molar-refractivity contribution is 9.10. The van der Waals surface area contributed by atoms with E-state index in [0.29, 0.717) is 17.6 Å². The summed E-state index contributed by atoms with van der Waals surface area (Å²) in [6.07, 6.45) is 9.12. The van der Waals surface area contributed by atoms with Crippen LogP contribution >= 0.6 is 15.9 Å². The summed E-state index contributed by atoms with van der Waals surface area (Å²) in [6.45, 7) is 4.60. The van der Waals surface area contributed by atoms with Gasteiger partial charge < -0.3 is 15.0 Å². The van der Waals surface area contributed by atoms with Gasteiger partial charge in [0, 0.05) is 10.5 Å². The number of amides is 2. The number of benzene rings is 1. The standard InChI is InChI=1S/C25H33BrN2O3/c1-16-8-7-11-20(17(16)2)27-24(29)15-28-21-12-5-6-13-22(21)31-23(25(28)30)14-18-9-3-4-10-19(18)26/h3-4,9-10,14,16-17,20-22H,5-8,11-13,15H2,1-2H3,(H,27,29)/b23-14+. The van der Waals surface area contributed by atoms with E-state index in [2.05, 4.69) is 35.1 Å². The Labute approximate surface area is 193 Å². The number of morpholine rings is 1. The molecule has 1 N–H and O–H groups in total. The number of halogens is 1. The van der Waals surface area contributed by atoms with Crippen LogP contribution in [-0.4, -0.2) is 41.4 Å². The lowest BCUT2D eigenvalue weighted by molar-refractivity contribution is -0.152. The molecule has 1 aromatic carbocycles. The molecule has 168 valence electrons. The van der Waals surface area contributed by atoms with Gasteiger partial charge in [0.2, 0.25) is 5.91 Å². The highest BCUT2D eigenvalue weighted by atomic mass is 79.9. The minimum atomic E-state index is -0.181. The summed E-state index contributed by atoms with van der Waals surface area (Å²) >= 11 is 3.54. The third-order valence-corrected chi connectivity index (χ3v) is 8.10. The number of nitrogens with one attached hydrogen (secondary N) is 1. The van der Waals surface area contributed by atoms with Crippen molar-refractivity contribution in [2.75, 3.05) is 6.54 Å². The maximum Gasteiger partial charge on any atom is 0.289 e. The van der Waals surface area contributed by atoms with Crippen LogP contribution in [0.5, 0.6) is 0 Å². The number of rotatable bonds is 4. The van der Waals surface area contributed by atoms with Gasteiger partial charge in [-0.3, -0.25) is 9.59 Å². The second-order valence-electron chi connectivity index (χ2n) is 9.41. The molecule has 0 bridgehead atoms. The van der Waals surface area contributed by atoms with Crippen molar-refractivity contribution >= 4 is 33.8 Å². The SMILES string of the molecule is CC1CCCC(NC(=O)CN2C(=O)/C(=C\c3ccccc3Br)OC3CCCCC32)C1C. The molecule has 0 spiro atoms. The summed E-state index contributed by atoms with van der Waals surface area (Å²) < 4.78 is 7.08. The van der Waals surface area contributed by atoms with Crippen molar-refractivity contribution < 1.29 is 14.3 Å². The Balaban J connectivity index is 1.52. The minimum Gasteiger partial charge on any atom is -0.482 e. The molecule has 31 heavy (non-hydrogen) atoms. The van der Waals surface area contributed by atoms with Crippen molar-refractivity contribution in [1.29, 1.82) is 0 Å². The Hall–Kier alpha value is -1.82. The molecule has 5 unspecified atom stereocenters. The number of carbonyl (C=O) groups is 2. The van der Waals surface area contributed by atoms with Crippen LogP contribution in [0.15, 0.2) is 34.5 Å². The summed E-state index contributed by atoms with van der Waals surface area (Å²) in [5, 5.41) is 3.24. The molecule has 1 saturated heterocycles. The molecule has 1 aliphatic heterocycles. The molecule has 2 saturated carbocycles. The second kappa shape index (κ2) is 9.76. The molecule has 5 atom stereocenters. The van der Waals surface area contributed by atoms with Crippen LogP contribution in [0.1, 0.15) is 64.4 Å². The average Bonchev–Trinajstić information content (AvgIpc) is 2.76. The zero-order valence-electron chi connectivity index (χ0n) is 18.5. The second-order valence-corrected chi connectivity index (χ2v) is 10.3. The molecule has 2 amide bonds. The van der Waals surface area contributed by atoms with Gasteiger partial charge in [-0.25, -0.2) is 0 Å². The number of hydrogen-bond donors (Lipinski definition) is 1. The van der Waals surface area contributed by atoms with Gasteiger partial charge in [-0.2, -0.15) is 0 Å². The zero-order valence-corrected chi connectivity index (χ0v) is 20.1. The van der Waals surface area contributed by atoms with Crippen molar-refractivity contribution in [2.45, 2.75) is 77.0 Å². The summed E-state index contributed by atoms with van der Waals surface area (Å²) in [4.78, 5) is 28.1. The summed E-state index contributed by atoms with van der Waals surface area (Å²) in [7, 11) is 0. The molecule has 3 fully saturated rings. The molecule has 0 aromatic heterocycles. The van der Waals surface area contributed by atoms with Gasteiger partial charge in [0.25, 0.3) is 5.91 Å². The Morgan fingerprint density at radius 2 is 1.94 bits per heavy atom. The van der Waals surface area contributed by atoms with E-state index in [-0.39, 0.29) is 36.5 Å². The van der Waals surface area contributed by atoms with E-state index in [9.17, 15) is 9.59 Å². The van der Waals surface area contributed by atoms with Crippen molar-refractivity contribution in [3.8, 4) is 0 Å². The lowest BCUT2D eigenvalue weighted by atomic mass is 9.78. The van der Waals surface area contributed by atoms with Gasteiger partial charge >= 0.3 is 0 Å². The van der Waals surface area contributed by atoms with E-state index >= 15 is 0 Å². The molecule has 5 nitrogen and oxygen atoms in total. The van der Waals surface area contributed by atoms with Gasteiger partial charge in [-0.1, -0.05) is 67.2 Å². The van der Waals surface area contributed by atoms with Crippen molar-refractivity contribution in [1.82, 2.24) is 10.2 Å². The highest BCUT2D eigenvalue weighted by Gasteiger charge is 2.42. The van der Waals surface area contributed by atoms with Crippen LogP contribution in [0.4, 0.5) is 0 Å². The van der Waals surface area contributed by atoms with Gasteiger partial charge in [0.1, 0.15) is 12.6 Å². The molecule has 6 heteroatoms. The fourth-order valence-corrected chi connectivity index (χ4v) is 5.69. The lowest BCUT2D eigenvalue weighted by Gasteiger charge is -2.44. The van der Waals surface area contributed by atoms with E-state index in [4.69, 9.17) is 4.74 Å². The topological polar surface area (TPSA) is 58.6 Å². The summed E-state index contributed by atoms with van der Waals surface area (Å²) in [5.74, 6) is 1.18. The third kappa shape index (κ3) is 5.00. The quantitative estimate of drug-likeness (QED) is 0.613. The highest BCUT2D eigenvalue weighted by Crippen LogP contribution is 2.34. The van der Waals surface area contributed by atoms with Crippen LogP contribution in [0, 0.1) is 11.8 Å². The monoisotopic (exact) mass is 488 g/mol. The van der Waals surface area contributed by atoms with Crippen molar-refractivity contribution in [2.24, 2.45) is 11.8 Å². The first-order valence-electron chi connectivity index (χ1n) is 11.7. The van der Waals surface area contributed by atoms with Crippen LogP contribution in [0.25, 0.3) is 6.08 Å². The Bertz CT molecular complexity index is 855. The van der Waals surface area contributed by atoms with E-state index in [1.807, 2.05) is 24.3 Å². The molecular weight excluding hydrogens is 456 g/mol. The van der Waals surface area contributed by atoms with Gasteiger partial charge in [0.05, 0.1) is 6.04 Å². The number of fused-ring (bicyclic) bond motifs is 1. The Morgan fingerprint density at radius 3 is 2.74 bits per heavy atom. The fraction of sp³-hybridized carbons (Fsp3) is 0.600. The summed E-state index contributed by atoms with van der Waals surface area (Å²) in [5.41, 5.74) is 0.898. The number of carbonyl (C=O) groups excluding carboxylic acids is 2. The summed E-state index contributed by atoms with van der Waals surface area (Å²) in [6, 6.07) is 7.95. The first-order valence-corrected chi connectivity index (χ1v) is 12.5. The molecule has 4 rings (SSSR count). The van der Waals surface area contributed by atoms with Gasteiger partial charge in [-0.05, 0) is 55.2 Å². The molecule has 0 radical (unpaired) electrons. The fourth-order valence-electron chi connectivity index (χ4n) is 5.29. The molecular formula is C25H33BrN2O3. The Kier molecular flexibility index (Phi) is 7.05. The minimum absolute atomic E-state index is 0.0222. The van der Waals surface area contributed by atoms with Crippen LogP contribution < -0.4 is 5.32 Å². The Morgan fingerprint density at radius 1 is 1.16 bits per heavy atom. The van der Waals surface area contributed by atoms with E-state index in [0.717, 1.165) is 48.6 Å². The third-order valence-electron chi connectivity index (χ3n) is 7.38. The van der Waals surface area contributed by atoms with Gasteiger partial charge in [-0.15, -0.1) is 0 Å². The molecule has 1 aromatic rings. The first-order chi connectivity index (χ1) is 14.9. The smallest absolute Gasteiger partial charge is 0.289 e. The number of hydrogen-bond acceptors (Lipinski definition) is 3. The molecule has 2 aliphatic carbocycles. The van der Waals surface area contributed by atoms with Crippen molar-refractivity contribution in [3.63, 3.8) is 0 Å². The largest absolute Gasteiger partial charge is 0.482 e. The molecule has 3 aliphatic rings. The number of ether oxygens (including phenoxy) is 1. The molecule has 1 heterocycles. The normalized spacial score (nSPS) is 32.4. The first kappa shape index (κ1) is 22.4. The predicted octanol–water partition coefficient (Wildman–Crippen LogP) is 4.90. The average molecular weight is 489 g/mol. The van der Waals surface area contributed by atoms with Gasteiger partial charge in [0.15, 0.2) is 5.76 Å². The zero-order chi connectivity index (χ0) is 22.0. The van der Waals surface area contributed by atoms with Crippen LogP contribution in [0.2, 0.25) is 0 Å². The number of nitrogens with zero attached hydrogens (tertiary/aromatic N) is 1. The van der Waals surface area contributed by atoms with Crippen LogP contribution in [0.3, 0.4) is 0 Å². The van der Waals surface area contributed by atoms with E-state index < -0.39 is 0 Å². The van der Waals surface area contributed by atoms with E-state index in [1.165, 1.54) is 6.42 Å². The van der Waals surface area contributed by atoms with Crippen molar-refractivity contribution in [3.05, 3.63) is 40.1 Å². The maximum absolute atomic E-state index is 13.4. The predicted molar refractivity (Wildman–Crippen MR) is 125 cm³/mol.